The minimum atomic E-state index is -3.30. The number of aromatic nitrogens is 2. The van der Waals surface area contributed by atoms with Crippen molar-refractivity contribution in [2.24, 2.45) is 11.8 Å². The van der Waals surface area contributed by atoms with E-state index in [2.05, 4.69) is 19.8 Å². The highest BCUT2D eigenvalue weighted by Crippen LogP contribution is 2.42. The molecule has 4 rings (SSSR count). The van der Waals surface area contributed by atoms with Crippen molar-refractivity contribution in [2.75, 3.05) is 30.8 Å². The Morgan fingerprint density at radius 1 is 1.22 bits per heavy atom. The van der Waals surface area contributed by atoms with E-state index < -0.39 is 10.0 Å². The zero-order valence-corrected chi connectivity index (χ0v) is 16.7. The number of amides is 1. The third-order valence-corrected chi connectivity index (χ3v) is 6.85. The van der Waals surface area contributed by atoms with Crippen LogP contribution in [0.5, 0.6) is 0 Å². The summed E-state index contributed by atoms with van der Waals surface area (Å²) in [5, 5.41) is 8.52. The second-order valence-corrected chi connectivity index (χ2v) is 9.98. The highest BCUT2D eigenvalue weighted by atomic mass is 32.2. The summed E-state index contributed by atoms with van der Waals surface area (Å²) < 4.78 is 26.0. The van der Waals surface area contributed by atoms with Gasteiger partial charge in [0.2, 0.25) is 15.9 Å². The quantitative estimate of drug-likeness (QED) is 0.802. The molecular weight excluding hydrogens is 366 g/mol. The molecule has 4 heterocycles. The molecule has 0 aliphatic carbocycles. The number of nitrogens with zero attached hydrogens (tertiary/aromatic N) is 4. The molecule has 9 heteroatoms. The Morgan fingerprint density at radius 3 is 2.70 bits per heavy atom. The van der Waals surface area contributed by atoms with Crippen LogP contribution in [0.4, 0.5) is 5.82 Å². The average molecular weight is 394 g/mol. The zero-order valence-electron chi connectivity index (χ0n) is 15.8. The molecule has 4 atom stereocenters. The molecule has 27 heavy (non-hydrogen) atoms. The van der Waals surface area contributed by atoms with Crippen LogP contribution in [0.15, 0.2) is 12.1 Å². The molecule has 1 aromatic heterocycles. The van der Waals surface area contributed by atoms with Crippen LogP contribution < -0.4 is 9.62 Å². The van der Waals surface area contributed by atoms with E-state index in [0.29, 0.717) is 12.3 Å². The zero-order chi connectivity index (χ0) is 19.2. The van der Waals surface area contributed by atoms with E-state index >= 15 is 0 Å². The van der Waals surface area contributed by atoms with Gasteiger partial charge in [-0.05, 0) is 50.2 Å². The Balaban J connectivity index is 1.61. The summed E-state index contributed by atoms with van der Waals surface area (Å²) in [7, 11) is -3.30. The molecule has 0 aromatic carbocycles. The summed E-state index contributed by atoms with van der Waals surface area (Å²) in [5.74, 6) is 1.65. The van der Waals surface area contributed by atoms with Gasteiger partial charge in [0.1, 0.15) is 0 Å². The van der Waals surface area contributed by atoms with Crippen LogP contribution in [-0.2, 0) is 14.8 Å². The Bertz CT molecular complexity index is 813. The lowest BCUT2D eigenvalue weighted by Gasteiger charge is -2.56. The first-order valence-corrected chi connectivity index (χ1v) is 11.5. The number of sulfonamides is 1. The number of hydrogen-bond acceptors (Lipinski definition) is 6. The van der Waals surface area contributed by atoms with Crippen LogP contribution in [0, 0.1) is 18.8 Å². The van der Waals surface area contributed by atoms with Crippen molar-refractivity contribution in [1.29, 1.82) is 0 Å². The van der Waals surface area contributed by atoms with Crippen LogP contribution in [0.1, 0.15) is 31.4 Å². The predicted molar refractivity (Wildman–Crippen MR) is 102 cm³/mol. The molecule has 8 nitrogen and oxygen atoms in total. The molecule has 0 saturated carbocycles. The molecule has 3 fully saturated rings. The third-order valence-electron chi connectivity index (χ3n) is 6.16. The second kappa shape index (κ2) is 7.01. The number of nitrogens with one attached hydrogen (secondary N) is 1. The average Bonchev–Trinajstić information content (AvgIpc) is 2.62. The third kappa shape index (κ3) is 3.80. The molecule has 3 aliphatic heterocycles. The van der Waals surface area contributed by atoms with E-state index in [4.69, 9.17) is 0 Å². The topological polar surface area (TPSA) is 95.5 Å². The van der Waals surface area contributed by atoms with Gasteiger partial charge in [-0.15, -0.1) is 5.10 Å². The SMILES string of the molecule is Cc1ccc(N2C[C@H]3C[C@@H](C2)[C@H](CNS(C)(=O)=O)N2C(=O)CCC[C@@H]32)nn1. The number of anilines is 1. The fourth-order valence-corrected chi connectivity index (χ4v) is 5.50. The summed E-state index contributed by atoms with van der Waals surface area (Å²) in [4.78, 5) is 17.0. The monoisotopic (exact) mass is 393 g/mol. The lowest BCUT2D eigenvalue weighted by atomic mass is 9.72. The van der Waals surface area contributed by atoms with Gasteiger partial charge >= 0.3 is 0 Å². The Kier molecular flexibility index (Phi) is 4.84. The maximum Gasteiger partial charge on any atom is 0.223 e. The summed E-state index contributed by atoms with van der Waals surface area (Å²) >= 11 is 0. The van der Waals surface area contributed by atoms with E-state index in [0.717, 1.165) is 43.9 Å². The van der Waals surface area contributed by atoms with Crippen molar-refractivity contribution in [3.8, 4) is 0 Å². The van der Waals surface area contributed by atoms with Crippen molar-refractivity contribution < 1.29 is 13.2 Å². The number of carbonyl (C=O) groups excluding carboxylic acids is 1. The first-order chi connectivity index (χ1) is 12.8. The minimum absolute atomic E-state index is 0.102. The molecule has 3 saturated heterocycles. The Hall–Kier alpha value is -1.74. The van der Waals surface area contributed by atoms with Crippen LogP contribution in [-0.4, -0.2) is 67.4 Å². The molecule has 3 aliphatic rings. The number of hydrogen-bond donors (Lipinski definition) is 1. The van der Waals surface area contributed by atoms with Crippen molar-refractivity contribution in [2.45, 2.75) is 44.7 Å². The Morgan fingerprint density at radius 2 is 2.00 bits per heavy atom. The van der Waals surface area contributed by atoms with Crippen LogP contribution in [0.25, 0.3) is 0 Å². The van der Waals surface area contributed by atoms with Gasteiger partial charge in [-0.1, -0.05) is 0 Å². The summed E-state index contributed by atoms with van der Waals surface area (Å²) in [5.41, 5.74) is 0.884. The molecular formula is C18H27N5O3S. The number of carbonyl (C=O) groups is 1. The van der Waals surface area contributed by atoms with Crippen LogP contribution in [0.3, 0.4) is 0 Å². The van der Waals surface area contributed by atoms with Crippen molar-refractivity contribution in [3.05, 3.63) is 17.8 Å². The molecule has 1 amide bonds. The normalized spacial score (nSPS) is 31.0. The molecule has 1 N–H and O–H groups in total. The van der Waals surface area contributed by atoms with E-state index in [9.17, 15) is 13.2 Å². The largest absolute Gasteiger partial charge is 0.354 e. The predicted octanol–water partition coefficient (Wildman–Crippen LogP) is 0.540. The summed E-state index contributed by atoms with van der Waals surface area (Å²) in [6, 6.07) is 4.05. The first kappa shape index (κ1) is 18.6. The smallest absolute Gasteiger partial charge is 0.223 e. The first-order valence-electron chi connectivity index (χ1n) is 9.63. The fourth-order valence-electron chi connectivity index (χ4n) is 5.02. The standard InChI is InChI=1S/C18H27N5O3S/c1-12-6-7-17(21-20-12)22-10-13-8-14(11-22)16(9-19-27(2,25)26)23-15(13)4-3-5-18(23)24/h6-7,13-16,19H,3-5,8-11H2,1-2H3/t13-,14+,15+,16+/m1/s1. The van der Waals surface area contributed by atoms with Gasteiger partial charge in [0, 0.05) is 32.1 Å². The molecule has 2 bridgehead atoms. The maximum absolute atomic E-state index is 12.7. The molecule has 1 aromatic rings. The summed E-state index contributed by atoms with van der Waals surface area (Å²) in [6.45, 7) is 3.84. The van der Waals surface area contributed by atoms with Crippen molar-refractivity contribution in [1.82, 2.24) is 19.8 Å². The van der Waals surface area contributed by atoms with Crippen LogP contribution >= 0.6 is 0 Å². The lowest BCUT2D eigenvalue weighted by molar-refractivity contribution is -0.148. The molecule has 148 valence electrons. The number of fused-ring (bicyclic) bond motifs is 4. The molecule has 0 unspecified atom stereocenters. The van der Waals surface area contributed by atoms with Gasteiger partial charge in [-0.3, -0.25) is 4.79 Å². The van der Waals surface area contributed by atoms with Gasteiger partial charge in [0.15, 0.2) is 5.82 Å². The highest BCUT2D eigenvalue weighted by Gasteiger charge is 2.49. The van der Waals surface area contributed by atoms with Crippen molar-refractivity contribution >= 4 is 21.7 Å². The van der Waals surface area contributed by atoms with Gasteiger partial charge in [0.25, 0.3) is 0 Å². The summed E-state index contributed by atoms with van der Waals surface area (Å²) in [6.07, 6.45) is 4.67. The lowest BCUT2D eigenvalue weighted by Crippen LogP contribution is -2.67. The second-order valence-electron chi connectivity index (χ2n) is 8.14. The Labute approximate surface area is 160 Å². The maximum atomic E-state index is 12.7. The van der Waals surface area contributed by atoms with Gasteiger partial charge < -0.3 is 9.80 Å². The van der Waals surface area contributed by atoms with E-state index in [1.165, 1.54) is 6.26 Å². The highest BCUT2D eigenvalue weighted by molar-refractivity contribution is 7.88. The number of rotatable bonds is 4. The molecule has 0 spiro atoms. The van der Waals surface area contributed by atoms with Crippen molar-refractivity contribution in [3.63, 3.8) is 0 Å². The number of piperidine rings is 3. The fraction of sp³-hybridized carbons (Fsp3) is 0.722. The van der Waals surface area contributed by atoms with Crippen LogP contribution in [0.2, 0.25) is 0 Å². The van der Waals surface area contributed by atoms with Gasteiger partial charge in [-0.25, -0.2) is 13.1 Å². The van der Waals surface area contributed by atoms with E-state index in [1.54, 1.807) is 0 Å². The van der Waals surface area contributed by atoms with E-state index in [1.807, 2.05) is 24.0 Å². The van der Waals surface area contributed by atoms with E-state index in [-0.39, 0.29) is 30.5 Å². The van der Waals surface area contributed by atoms with Gasteiger partial charge in [-0.2, -0.15) is 5.10 Å². The minimum Gasteiger partial charge on any atom is -0.354 e. The molecule has 0 radical (unpaired) electrons. The number of aryl methyl sites for hydroxylation is 1. The van der Waals surface area contributed by atoms with Gasteiger partial charge in [0.05, 0.1) is 18.0 Å².